The number of nitrogens with zero attached hydrogens (tertiary/aromatic N) is 1. The lowest BCUT2D eigenvalue weighted by Gasteiger charge is -2.16. The number of benzene rings is 1. The number of fused-ring (bicyclic) bond motifs is 1. The molecule has 2 heterocycles. The molecule has 1 amide bonds. The van der Waals surface area contributed by atoms with Crippen LogP contribution in [-0.2, 0) is 17.6 Å². The Hall–Kier alpha value is -1.66. The first-order valence-electron chi connectivity index (χ1n) is 7.68. The number of carbonyl (C=O) groups is 1. The molecule has 1 aromatic carbocycles. The van der Waals surface area contributed by atoms with Crippen LogP contribution in [0.5, 0.6) is 0 Å². The lowest BCUT2D eigenvalue weighted by molar-refractivity contribution is 0.143. The highest BCUT2D eigenvalue weighted by atomic mass is 32.1. The zero-order chi connectivity index (χ0) is 15.5. The fourth-order valence-electron chi connectivity index (χ4n) is 2.92. The Labute approximate surface area is 136 Å². The van der Waals surface area contributed by atoms with E-state index >= 15 is 0 Å². The number of carbonyl (C=O) groups excluding carboxylic acids is 1. The zero-order valence-electron chi connectivity index (χ0n) is 12.7. The maximum absolute atomic E-state index is 12.1. The average molecular weight is 319 g/mol. The molecule has 2 N–H and O–H groups in total. The summed E-state index contributed by atoms with van der Waals surface area (Å²) < 4.78 is 5.40. The minimum absolute atomic E-state index is 0.161. The second kappa shape index (κ2) is 6.62. The van der Waals surface area contributed by atoms with Gasteiger partial charge in [-0.2, -0.15) is 0 Å². The number of cyclic esters (lactones) is 1. The van der Waals surface area contributed by atoms with Crippen molar-refractivity contribution >= 4 is 29.0 Å². The molecule has 0 aromatic heterocycles. The summed E-state index contributed by atoms with van der Waals surface area (Å²) in [5.74, 6) is 0. The lowest BCUT2D eigenvalue weighted by Crippen LogP contribution is -2.32. The zero-order valence-corrected chi connectivity index (χ0v) is 13.5. The molecule has 22 heavy (non-hydrogen) atoms. The molecule has 118 valence electrons. The number of ether oxygens (including phenoxy) is 1. The summed E-state index contributed by atoms with van der Waals surface area (Å²) in [6, 6.07) is 6.28. The van der Waals surface area contributed by atoms with Crippen LogP contribution < -0.4 is 15.5 Å². The Bertz CT molecular complexity index is 591. The summed E-state index contributed by atoms with van der Waals surface area (Å²) in [5, 5.41) is 6.46. The number of amides is 1. The SMILES string of the molecule is CC(=S)NC[C@H]1CN(c2ccc3c(c2)CCNCC3)C(=O)O1. The molecule has 1 atom stereocenters. The summed E-state index contributed by atoms with van der Waals surface area (Å²) >= 11 is 4.99. The van der Waals surface area contributed by atoms with E-state index in [2.05, 4.69) is 22.8 Å². The van der Waals surface area contributed by atoms with E-state index in [1.165, 1.54) is 11.1 Å². The number of nitrogens with one attached hydrogen (secondary N) is 2. The minimum Gasteiger partial charge on any atom is -0.442 e. The van der Waals surface area contributed by atoms with Gasteiger partial charge in [-0.15, -0.1) is 0 Å². The van der Waals surface area contributed by atoms with Crippen molar-refractivity contribution in [1.29, 1.82) is 0 Å². The molecular formula is C16H21N3O2S. The first-order valence-corrected chi connectivity index (χ1v) is 8.09. The van der Waals surface area contributed by atoms with Gasteiger partial charge in [-0.1, -0.05) is 18.3 Å². The van der Waals surface area contributed by atoms with Crippen LogP contribution in [0.3, 0.4) is 0 Å². The van der Waals surface area contributed by atoms with Gasteiger partial charge in [0.15, 0.2) is 0 Å². The van der Waals surface area contributed by atoms with Gasteiger partial charge < -0.3 is 15.4 Å². The van der Waals surface area contributed by atoms with Gasteiger partial charge in [0, 0.05) is 5.69 Å². The maximum atomic E-state index is 12.1. The topological polar surface area (TPSA) is 53.6 Å². The molecule has 1 aromatic rings. The van der Waals surface area contributed by atoms with Crippen LogP contribution in [0.15, 0.2) is 18.2 Å². The van der Waals surface area contributed by atoms with Gasteiger partial charge in [0.1, 0.15) is 6.10 Å². The third kappa shape index (κ3) is 3.39. The quantitative estimate of drug-likeness (QED) is 0.830. The molecule has 1 fully saturated rings. The molecule has 0 bridgehead atoms. The monoisotopic (exact) mass is 319 g/mol. The van der Waals surface area contributed by atoms with E-state index in [0.29, 0.717) is 18.1 Å². The highest BCUT2D eigenvalue weighted by Gasteiger charge is 2.32. The first-order chi connectivity index (χ1) is 10.6. The predicted octanol–water partition coefficient (Wildman–Crippen LogP) is 1.64. The van der Waals surface area contributed by atoms with E-state index in [1.54, 1.807) is 4.90 Å². The van der Waals surface area contributed by atoms with Crippen molar-refractivity contribution in [2.24, 2.45) is 0 Å². The van der Waals surface area contributed by atoms with Crippen molar-refractivity contribution in [2.45, 2.75) is 25.9 Å². The summed E-state index contributed by atoms with van der Waals surface area (Å²) in [7, 11) is 0. The average Bonchev–Trinajstić information content (AvgIpc) is 2.71. The molecule has 0 aliphatic carbocycles. The lowest BCUT2D eigenvalue weighted by atomic mass is 10.0. The molecule has 3 rings (SSSR count). The Morgan fingerprint density at radius 1 is 1.41 bits per heavy atom. The standard InChI is InChI=1S/C16H21N3O2S/c1-11(22)18-9-15-10-19(16(20)21-15)14-3-2-12-4-6-17-7-5-13(12)8-14/h2-3,8,15,17H,4-7,9-10H2,1H3,(H,18,22)/t15-/m0/s1. The van der Waals surface area contributed by atoms with Crippen LogP contribution in [0, 0.1) is 0 Å². The van der Waals surface area contributed by atoms with Crippen molar-refractivity contribution in [3.63, 3.8) is 0 Å². The van der Waals surface area contributed by atoms with Crippen molar-refractivity contribution < 1.29 is 9.53 Å². The van der Waals surface area contributed by atoms with Gasteiger partial charge in [-0.3, -0.25) is 4.90 Å². The Morgan fingerprint density at radius 3 is 2.95 bits per heavy atom. The van der Waals surface area contributed by atoms with E-state index in [4.69, 9.17) is 17.0 Å². The molecule has 0 saturated carbocycles. The summed E-state index contributed by atoms with van der Waals surface area (Å²) in [4.78, 5) is 14.5. The van der Waals surface area contributed by atoms with Crippen LogP contribution in [0.2, 0.25) is 0 Å². The Kier molecular flexibility index (Phi) is 4.59. The third-order valence-corrected chi connectivity index (χ3v) is 4.24. The normalized spacial score (nSPS) is 21.0. The fraction of sp³-hybridized carbons (Fsp3) is 0.500. The molecule has 2 aliphatic rings. The number of anilines is 1. The second-order valence-corrected chi connectivity index (χ2v) is 6.37. The van der Waals surface area contributed by atoms with E-state index in [1.807, 2.05) is 13.0 Å². The van der Waals surface area contributed by atoms with Crippen LogP contribution >= 0.6 is 12.2 Å². The van der Waals surface area contributed by atoms with Gasteiger partial charge in [0.2, 0.25) is 0 Å². The summed E-state index contributed by atoms with van der Waals surface area (Å²) in [5.41, 5.74) is 3.62. The van der Waals surface area contributed by atoms with Gasteiger partial charge in [-0.05, 0) is 56.1 Å². The van der Waals surface area contributed by atoms with E-state index in [9.17, 15) is 4.79 Å². The molecular weight excluding hydrogens is 298 g/mol. The van der Waals surface area contributed by atoms with Crippen LogP contribution in [0.1, 0.15) is 18.1 Å². The largest absolute Gasteiger partial charge is 0.442 e. The Morgan fingerprint density at radius 2 is 2.18 bits per heavy atom. The highest BCUT2D eigenvalue weighted by molar-refractivity contribution is 7.80. The van der Waals surface area contributed by atoms with Crippen LogP contribution in [0.4, 0.5) is 10.5 Å². The second-order valence-electron chi connectivity index (χ2n) is 5.76. The van der Waals surface area contributed by atoms with Crippen LogP contribution in [-0.4, -0.2) is 43.4 Å². The van der Waals surface area contributed by atoms with E-state index < -0.39 is 0 Å². The first kappa shape index (κ1) is 15.2. The maximum Gasteiger partial charge on any atom is 0.414 e. The molecule has 0 unspecified atom stereocenters. The van der Waals surface area contributed by atoms with Crippen molar-refractivity contribution in [2.75, 3.05) is 31.1 Å². The van der Waals surface area contributed by atoms with Gasteiger partial charge in [0.25, 0.3) is 0 Å². The van der Waals surface area contributed by atoms with Crippen molar-refractivity contribution in [3.05, 3.63) is 29.3 Å². The number of hydrogen-bond acceptors (Lipinski definition) is 4. The third-order valence-electron chi connectivity index (χ3n) is 4.10. The van der Waals surface area contributed by atoms with Crippen molar-refractivity contribution in [1.82, 2.24) is 10.6 Å². The van der Waals surface area contributed by atoms with E-state index in [-0.39, 0.29) is 12.2 Å². The summed E-state index contributed by atoms with van der Waals surface area (Å²) in [6.45, 7) is 4.95. The number of rotatable bonds is 3. The smallest absolute Gasteiger partial charge is 0.414 e. The number of hydrogen-bond donors (Lipinski definition) is 2. The fourth-order valence-corrected chi connectivity index (χ4v) is 3.01. The molecule has 6 heteroatoms. The Balaban J connectivity index is 1.72. The molecule has 0 spiro atoms. The minimum atomic E-state index is -0.277. The number of thiocarbonyl (C=S) groups is 1. The molecule has 5 nitrogen and oxygen atoms in total. The highest BCUT2D eigenvalue weighted by Crippen LogP contribution is 2.25. The van der Waals surface area contributed by atoms with Gasteiger partial charge in [0.05, 0.1) is 18.1 Å². The van der Waals surface area contributed by atoms with Gasteiger partial charge in [-0.25, -0.2) is 4.79 Å². The molecule has 2 aliphatic heterocycles. The molecule has 0 radical (unpaired) electrons. The molecule has 1 saturated heterocycles. The van der Waals surface area contributed by atoms with Gasteiger partial charge >= 0.3 is 6.09 Å². The predicted molar refractivity (Wildman–Crippen MR) is 90.6 cm³/mol. The van der Waals surface area contributed by atoms with Crippen LogP contribution in [0.25, 0.3) is 0 Å². The van der Waals surface area contributed by atoms with Crippen molar-refractivity contribution in [3.8, 4) is 0 Å². The van der Waals surface area contributed by atoms with E-state index in [0.717, 1.165) is 31.6 Å². The summed E-state index contributed by atoms with van der Waals surface area (Å²) in [6.07, 6.45) is 1.60.